The predicted octanol–water partition coefficient (Wildman–Crippen LogP) is 8.16. The fourth-order valence-electron chi connectivity index (χ4n) is 3.56. The van der Waals surface area contributed by atoms with Gasteiger partial charge in [-0.3, -0.25) is 0 Å². The van der Waals surface area contributed by atoms with E-state index in [1.807, 2.05) is 6.07 Å². The van der Waals surface area contributed by atoms with Crippen molar-refractivity contribution < 1.29 is 0 Å². The Labute approximate surface area is 171 Å². The van der Waals surface area contributed by atoms with Crippen LogP contribution in [-0.2, 0) is 6.42 Å². The summed E-state index contributed by atoms with van der Waals surface area (Å²) in [6.45, 7) is 6.74. The maximum Gasteiger partial charge on any atom is 0.0409 e. The molecule has 2 rings (SSSR count). The van der Waals surface area contributed by atoms with Crippen LogP contribution in [0.5, 0.6) is 0 Å². The Morgan fingerprint density at radius 2 is 1.63 bits per heavy atom. The number of halogens is 1. The minimum Gasteiger partial charge on any atom is -0.0843 e. The number of hydrogen-bond acceptors (Lipinski definition) is 0. The van der Waals surface area contributed by atoms with Gasteiger partial charge in [0, 0.05) is 16.1 Å². The lowest BCUT2D eigenvalue weighted by atomic mass is 9.88. The minimum absolute atomic E-state index is 0.531. The van der Waals surface area contributed by atoms with Gasteiger partial charge in [-0.25, -0.2) is 0 Å². The quantitative estimate of drug-likeness (QED) is 0.304. The summed E-state index contributed by atoms with van der Waals surface area (Å²) in [7, 11) is 0. The highest BCUT2D eigenvalue weighted by Gasteiger charge is 2.12. The van der Waals surface area contributed by atoms with E-state index in [2.05, 4.69) is 69.0 Å². The van der Waals surface area contributed by atoms with Gasteiger partial charge in [0.15, 0.2) is 0 Å². The van der Waals surface area contributed by atoms with Crippen molar-refractivity contribution in [2.45, 2.75) is 78.1 Å². The van der Waals surface area contributed by atoms with Crippen molar-refractivity contribution in [3.8, 4) is 11.8 Å². The number of rotatable bonds is 9. The van der Waals surface area contributed by atoms with E-state index in [1.54, 1.807) is 0 Å². The fourth-order valence-corrected chi connectivity index (χ4v) is 3.74. The smallest absolute Gasteiger partial charge is 0.0409 e. The molecule has 0 heterocycles. The molecule has 0 N–H and O–H groups in total. The zero-order valence-electron chi connectivity index (χ0n) is 17.2. The zero-order valence-corrected chi connectivity index (χ0v) is 17.9. The summed E-state index contributed by atoms with van der Waals surface area (Å²) in [5.74, 6) is 7.28. The molecule has 0 aliphatic carbocycles. The first kappa shape index (κ1) is 21.6. The summed E-state index contributed by atoms with van der Waals surface area (Å²) in [4.78, 5) is 0. The van der Waals surface area contributed by atoms with E-state index in [0.29, 0.717) is 5.92 Å². The number of aryl methyl sites for hydroxylation is 1. The van der Waals surface area contributed by atoms with Crippen molar-refractivity contribution >= 4 is 11.6 Å². The topological polar surface area (TPSA) is 0 Å². The molecule has 0 spiro atoms. The summed E-state index contributed by atoms with van der Waals surface area (Å²) in [5, 5.41) is 0.803. The normalized spacial score (nSPS) is 11.7. The third kappa shape index (κ3) is 7.08. The SMILES string of the molecule is CCCCCCc1ccc(C#Cc2ccc(Cl)cc2C(CC)CCC)cc1. The van der Waals surface area contributed by atoms with Crippen molar-refractivity contribution in [2.24, 2.45) is 0 Å². The van der Waals surface area contributed by atoms with Crippen LogP contribution in [-0.4, -0.2) is 0 Å². The monoisotopic (exact) mass is 380 g/mol. The standard InChI is InChI=1S/C26H33Cl/c1-4-7-8-9-11-21-12-14-22(15-13-21)16-17-24-18-19-25(27)20-26(24)23(6-3)10-5-2/h12-15,18-20,23H,4-11H2,1-3H3. The van der Waals surface area contributed by atoms with Crippen molar-refractivity contribution in [3.05, 3.63) is 69.7 Å². The van der Waals surface area contributed by atoms with Gasteiger partial charge in [0.05, 0.1) is 0 Å². The second-order valence-electron chi connectivity index (χ2n) is 7.38. The van der Waals surface area contributed by atoms with Crippen LogP contribution in [0.15, 0.2) is 42.5 Å². The molecule has 0 radical (unpaired) electrons. The van der Waals surface area contributed by atoms with Crippen LogP contribution in [0.1, 0.15) is 93.9 Å². The van der Waals surface area contributed by atoms with Gasteiger partial charge in [0.2, 0.25) is 0 Å². The first-order chi connectivity index (χ1) is 13.2. The van der Waals surface area contributed by atoms with Crippen molar-refractivity contribution in [1.82, 2.24) is 0 Å². The van der Waals surface area contributed by atoms with E-state index in [-0.39, 0.29) is 0 Å². The van der Waals surface area contributed by atoms with Gasteiger partial charge in [0.25, 0.3) is 0 Å². The van der Waals surface area contributed by atoms with Crippen LogP contribution >= 0.6 is 11.6 Å². The molecule has 0 aliphatic rings. The Morgan fingerprint density at radius 3 is 2.30 bits per heavy atom. The van der Waals surface area contributed by atoms with Gasteiger partial charge in [0.1, 0.15) is 0 Å². The van der Waals surface area contributed by atoms with E-state index in [0.717, 1.165) is 22.6 Å². The summed E-state index contributed by atoms with van der Waals surface area (Å²) < 4.78 is 0. The van der Waals surface area contributed by atoms with Crippen LogP contribution in [0.25, 0.3) is 0 Å². The summed E-state index contributed by atoms with van der Waals surface area (Å²) >= 11 is 6.27. The highest BCUT2D eigenvalue weighted by Crippen LogP contribution is 2.29. The minimum atomic E-state index is 0.531. The van der Waals surface area contributed by atoms with E-state index >= 15 is 0 Å². The van der Waals surface area contributed by atoms with Crippen molar-refractivity contribution in [1.29, 1.82) is 0 Å². The molecule has 144 valence electrons. The van der Waals surface area contributed by atoms with Crippen molar-refractivity contribution in [3.63, 3.8) is 0 Å². The lowest BCUT2D eigenvalue weighted by Gasteiger charge is -2.16. The molecule has 1 atom stereocenters. The molecule has 0 bridgehead atoms. The number of unbranched alkanes of at least 4 members (excludes halogenated alkanes) is 3. The third-order valence-corrected chi connectivity index (χ3v) is 5.43. The Morgan fingerprint density at radius 1 is 0.852 bits per heavy atom. The van der Waals surface area contributed by atoms with Crippen LogP contribution in [0.3, 0.4) is 0 Å². The maximum atomic E-state index is 6.27. The lowest BCUT2D eigenvalue weighted by molar-refractivity contribution is 0.595. The van der Waals surface area contributed by atoms with Crippen LogP contribution < -0.4 is 0 Å². The molecule has 27 heavy (non-hydrogen) atoms. The predicted molar refractivity (Wildman–Crippen MR) is 120 cm³/mol. The molecule has 1 unspecified atom stereocenters. The molecule has 0 nitrogen and oxygen atoms in total. The zero-order chi connectivity index (χ0) is 19.5. The number of benzene rings is 2. The third-order valence-electron chi connectivity index (χ3n) is 5.20. The molecular formula is C26H33Cl. The van der Waals surface area contributed by atoms with E-state index < -0.39 is 0 Å². The first-order valence-corrected chi connectivity index (χ1v) is 11.0. The molecule has 0 aliphatic heterocycles. The summed E-state index contributed by atoms with van der Waals surface area (Å²) in [6, 6.07) is 14.9. The van der Waals surface area contributed by atoms with E-state index in [9.17, 15) is 0 Å². The molecule has 1 heteroatoms. The molecule has 2 aromatic carbocycles. The van der Waals surface area contributed by atoms with Crippen LogP contribution in [0, 0.1) is 11.8 Å². The highest BCUT2D eigenvalue weighted by molar-refractivity contribution is 6.30. The molecule has 2 aromatic rings. The van der Waals surface area contributed by atoms with Gasteiger partial charge >= 0.3 is 0 Å². The average molecular weight is 381 g/mol. The molecular weight excluding hydrogens is 348 g/mol. The van der Waals surface area contributed by atoms with Gasteiger partial charge in [-0.2, -0.15) is 0 Å². The van der Waals surface area contributed by atoms with E-state index in [4.69, 9.17) is 11.6 Å². The summed E-state index contributed by atoms with van der Waals surface area (Å²) in [5.41, 5.74) is 4.91. The Bertz CT molecular complexity index is 746. The van der Waals surface area contributed by atoms with E-state index in [1.165, 1.54) is 56.1 Å². The Balaban J connectivity index is 2.12. The molecule has 0 amide bonds. The maximum absolute atomic E-state index is 6.27. The first-order valence-electron chi connectivity index (χ1n) is 10.6. The molecule has 0 fully saturated rings. The molecule has 0 saturated heterocycles. The second-order valence-corrected chi connectivity index (χ2v) is 7.82. The summed E-state index contributed by atoms with van der Waals surface area (Å²) in [6.07, 6.45) is 9.88. The van der Waals surface area contributed by atoms with Crippen LogP contribution in [0.4, 0.5) is 0 Å². The molecule has 0 aromatic heterocycles. The van der Waals surface area contributed by atoms with Gasteiger partial charge in [-0.15, -0.1) is 0 Å². The van der Waals surface area contributed by atoms with Crippen LogP contribution in [0.2, 0.25) is 5.02 Å². The highest BCUT2D eigenvalue weighted by atomic mass is 35.5. The largest absolute Gasteiger partial charge is 0.0843 e. The fraction of sp³-hybridized carbons (Fsp3) is 0.462. The Hall–Kier alpha value is -1.71. The van der Waals surface area contributed by atoms with Gasteiger partial charge < -0.3 is 0 Å². The second kappa shape index (κ2) is 11.9. The number of hydrogen-bond donors (Lipinski definition) is 0. The van der Waals surface area contributed by atoms with Crippen molar-refractivity contribution in [2.75, 3.05) is 0 Å². The molecule has 0 saturated carbocycles. The lowest BCUT2D eigenvalue weighted by Crippen LogP contribution is -2.00. The Kier molecular flexibility index (Phi) is 9.51. The van der Waals surface area contributed by atoms with Gasteiger partial charge in [-0.1, -0.05) is 82.0 Å². The average Bonchev–Trinajstić information content (AvgIpc) is 2.69. The van der Waals surface area contributed by atoms with Gasteiger partial charge in [-0.05, 0) is 73.1 Å².